The molecule has 0 radical (unpaired) electrons. The summed E-state index contributed by atoms with van der Waals surface area (Å²) in [6.45, 7) is 1.32. The molecular formula is C21H21ClN2O2S3. The molecule has 1 aliphatic rings. The molecule has 4 rings (SSSR count). The number of amides is 1. The number of halogens is 1. The number of carbonyl (C=O) groups excluding carboxylic acids is 1. The van der Waals surface area contributed by atoms with Crippen molar-refractivity contribution in [3.8, 4) is 0 Å². The van der Waals surface area contributed by atoms with E-state index in [1.165, 1.54) is 11.8 Å². The Hall–Kier alpha value is -1.25. The number of thiazole rings is 1. The van der Waals surface area contributed by atoms with Gasteiger partial charge in [-0.05, 0) is 55.5 Å². The van der Waals surface area contributed by atoms with Crippen LogP contribution in [0, 0.1) is 0 Å². The third-order valence-electron chi connectivity index (χ3n) is 4.71. The van der Waals surface area contributed by atoms with Gasteiger partial charge in [-0.2, -0.15) is 0 Å². The van der Waals surface area contributed by atoms with E-state index in [2.05, 4.69) is 12.1 Å². The lowest BCUT2D eigenvalue weighted by Crippen LogP contribution is -2.38. The third-order valence-corrected chi connectivity index (χ3v) is 7.77. The molecule has 1 fully saturated rings. The van der Waals surface area contributed by atoms with Gasteiger partial charge in [0.25, 0.3) is 0 Å². The average molecular weight is 465 g/mol. The SMILES string of the molecule is CSc1cccc2sc(N(CC3CCCO3)C(=O)CSc3ccc(Cl)cc3)nc12. The van der Waals surface area contributed by atoms with E-state index in [1.54, 1.807) is 23.1 Å². The van der Waals surface area contributed by atoms with Crippen molar-refractivity contribution in [2.45, 2.75) is 28.7 Å². The first kappa shape index (κ1) is 21.0. The van der Waals surface area contributed by atoms with Gasteiger partial charge in [0, 0.05) is 21.4 Å². The lowest BCUT2D eigenvalue weighted by Gasteiger charge is -2.23. The Morgan fingerprint density at radius 3 is 2.86 bits per heavy atom. The number of fused-ring (bicyclic) bond motifs is 1. The van der Waals surface area contributed by atoms with Crippen molar-refractivity contribution in [3.63, 3.8) is 0 Å². The smallest absolute Gasteiger partial charge is 0.239 e. The molecular weight excluding hydrogens is 444 g/mol. The summed E-state index contributed by atoms with van der Waals surface area (Å²) in [7, 11) is 0. The van der Waals surface area contributed by atoms with Crippen molar-refractivity contribution >= 4 is 67.7 Å². The summed E-state index contributed by atoms with van der Waals surface area (Å²) in [5, 5.41) is 1.44. The lowest BCUT2D eigenvalue weighted by molar-refractivity contribution is -0.116. The first-order chi connectivity index (χ1) is 14.1. The molecule has 2 heterocycles. The summed E-state index contributed by atoms with van der Waals surface area (Å²) >= 11 is 10.7. The topological polar surface area (TPSA) is 42.4 Å². The van der Waals surface area contributed by atoms with Crippen LogP contribution in [0.25, 0.3) is 10.2 Å². The number of anilines is 1. The van der Waals surface area contributed by atoms with Crippen molar-refractivity contribution in [1.29, 1.82) is 0 Å². The van der Waals surface area contributed by atoms with E-state index >= 15 is 0 Å². The number of thioether (sulfide) groups is 2. The molecule has 2 aromatic carbocycles. The Kier molecular flexibility index (Phi) is 7.03. The zero-order chi connectivity index (χ0) is 20.2. The van der Waals surface area contributed by atoms with Gasteiger partial charge >= 0.3 is 0 Å². The minimum atomic E-state index is 0.0465. The van der Waals surface area contributed by atoms with Gasteiger partial charge in [0.2, 0.25) is 5.91 Å². The van der Waals surface area contributed by atoms with E-state index < -0.39 is 0 Å². The number of hydrogen-bond acceptors (Lipinski definition) is 6. The number of benzene rings is 2. The van der Waals surface area contributed by atoms with Crippen LogP contribution in [0.2, 0.25) is 5.02 Å². The number of nitrogens with zero attached hydrogens (tertiary/aromatic N) is 2. The molecule has 1 amide bonds. The fraction of sp³-hybridized carbons (Fsp3) is 0.333. The number of aromatic nitrogens is 1. The Morgan fingerprint density at radius 2 is 2.14 bits per heavy atom. The highest BCUT2D eigenvalue weighted by Crippen LogP contribution is 2.35. The van der Waals surface area contributed by atoms with Crippen molar-refractivity contribution in [3.05, 3.63) is 47.5 Å². The quantitative estimate of drug-likeness (QED) is 0.402. The molecule has 0 saturated carbocycles. The number of carbonyl (C=O) groups is 1. The van der Waals surface area contributed by atoms with Crippen LogP contribution >= 0.6 is 46.5 Å². The highest BCUT2D eigenvalue weighted by molar-refractivity contribution is 8.00. The summed E-state index contributed by atoms with van der Waals surface area (Å²) in [6.07, 6.45) is 4.15. The molecule has 1 saturated heterocycles. The molecule has 8 heteroatoms. The summed E-state index contributed by atoms with van der Waals surface area (Å²) in [5.41, 5.74) is 0.968. The number of hydrogen-bond donors (Lipinski definition) is 0. The molecule has 0 N–H and O–H groups in total. The van der Waals surface area contributed by atoms with Crippen LogP contribution in [0.5, 0.6) is 0 Å². The maximum Gasteiger partial charge on any atom is 0.239 e. The fourth-order valence-corrected chi connectivity index (χ4v) is 5.77. The minimum Gasteiger partial charge on any atom is -0.376 e. The monoisotopic (exact) mass is 464 g/mol. The van der Waals surface area contributed by atoms with Gasteiger partial charge < -0.3 is 4.74 Å². The van der Waals surface area contributed by atoms with Gasteiger partial charge in [-0.3, -0.25) is 9.69 Å². The normalized spacial score (nSPS) is 16.4. The number of rotatable bonds is 7. The highest BCUT2D eigenvalue weighted by Gasteiger charge is 2.26. The molecule has 152 valence electrons. The van der Waals surface area contributed by atoms with Gasteiger partial charge in [0.15, 0.2) is 5.13 Å². The summed E-state index contributed by atoms with van der Waals surface area (Å²) in [4.78, 5) is 22.0. The standard InChI is InChI=1S/C21H21ClN2O2S3/c1-27-17-5-2-6-18-20(17)23-21(29-18)24(12-15-4-3-11-26-15)19(25)13-28-16-9-7-14(22)8-10-16/h2,5-10,15H,3-4,11-13H2,1H3. The first-order valence-electron chi connectivity index (χ1n) is 9.38. The molecule has 1 atom stereocenters. The average Bonchev–Trinajstić information content (AvgIpc) is 3.40. The Bertz CT molecular complexity index is 987. The highest BCUT2D eigenvalue weighted by atomic mass is 35.5. The van der Waals surface area contributed by atoms with Gasteiger partial charge in [0.05, 0.1) is 28.6 Å². The second-order valence-corrected chi connectivity index (χ2v) is 10.0. The van der Waals surface area contributed by atoms with Crippen LogP contribution in [0.4, 0.5) is 5.13 Å². The molecule has 4 nitrogen and oxygen atoms in total. The Balaban J connectivity index is 1.57. The van der Waals surface area contributed by atoms with E-state index in [0.29, 0.717) is 17.3 Å². The van der Waals surface area contributed by atoms with Crippen LogP contribution in [-0.4, -0.2) is 42.2 Å². The second-order valence-electron chi connectivity index (χ2n) is 6.69. The fourth-order valence-electron chi connectivity index (χ4n) is 3.22. The number of para-hydroxylation sites is 1. The lowest BCUT2D eigenvalue weighted by atomic mass is 10.2. The second kappa shape index (κ2) is 9.71. The van der Waals surface area contributed by atoms with E-state index in [4.69, 9.17) is 21.3 Å². The van der Waals surface area contributed by atoms with Crippen molar-refractivity contribution < 1.29 is 9.53 Å². The van der Waals surface area contributed by atoms with E-state index in [-0.39, 0.29) is 12.0 Å². The summed E-state index contributed by atoms with van der Waals surface area (Å²) < 4.78 is 6.91. The van der Waals surface area contributed by atoms with Crippen LogP contribution in [-0.2, 0) is 9.53 Å². The number of ether oxygens (including phenoxy) is 1. The maximum absolute atomic E-state index is 13.2. The van der Waals surface area contributed by atoms with E-state index in [9.17, 15) is 4.79 Å². The Labute approximate surface area is 188 Å². The Morgan fingerprint density at radius 1 is 1.31 bits per heavy atom. The molecule has 1 unspecified atom stereocenters. The van der Waals surface area contributed by atoms with E-state index in [0.717, 1.165) is 44.6 Å². The molecule has 0 aliphatic carbocycles. The molecule has 1 aliphatic heterocycles. The van der Waals surface area contributed by atoms with Gasteiger partial charge in [-0.1, -0.05) is 29.0 Å². The first-order valence-corrected chi connectivity index (χ1v) is 12.8. The molecule has 0 spiro atoms. The molecule has 1 aromatic heterocycles. The van der Waals surface area contributed by atoms with Crippen molar-refractivity contribution in [1.82, 2.24) is 4.98 Å². The zero-order valence-electron chi connectivity index (χ0n) is 16.0. The largest absolute Gasteiger partial charge is 0.376 e. The predicted octanol–water partition coefficient (Wildman–Crippen LogP) is 5.98. The molecule has 0 bridgehead atoms. The summed E-state index contributed by atoms with van der Waals surface area (Å²) in [5.74, 6) is 0.393. The van der Waals surface area contributed by atoms with E-state index in [1.807, 2.05) is 41.5 Å². The molecule has 29 heavy (non-hydrogen) atoms. The van der Waals surface area contributed by atoms with Crippen LogP contribution in [0.15, 0.2) is 52.3 Å². The van der Waals surface area contributed by atoms with Gasteiger partial charge in [0.1, 0.15) is 0 Å². The van der Waals surface area contributed by atoms with Crippen LogP contribution < -0.4 is 4.90 Å². The van der Waals surface area contributed by atoms with Crippen LogP contribution in [0.1, 0.15) is 12.8 Å². The summed E-state index contributed by atoms with van der Waals surface area (Å²) in [6, 6.07) is 13.7. The molecule has 3 aromatic rings. The minimum absolute atomic E-state index is 0.0465. The van der Waals surface area contributed by atoms with Crippen LogP contribution in [0.3, 0.4) is 0 Å². The van der Waals surface area contributed by atoms with Gasteiger partial charge in [-0.15, -0.1) is 23.5 Å². The van der Waals surface area contributed by atoms with Gasteiger partial charge in [-0.25, -0.2) is 4.98 Å². The maximum atomic E-state index is 13.2. The predicted molar refractivity (Wildman–Crippen MR) is 125 cm³/mol. The van der Waals surface area contributed by atoms with Crippen molar-refractivity contribution in [2.24, 2.45) is 0 Å². The van der Waals surface area contributed by atoms with Crippen molar-refractivity contribution in [2.75, 3.05) is 30.1 Å². The zero-order valence-corrected chi connectivity index (χ0v) is 19.2. The third kappa shape index (κ3) is 5.09.